The topological polar surface area (TPSA) is 61.9 Å². The maximum Gasteiger partial charge on any atom is 0.410 e. The van der Waals surface area contributed by atoms with Gasteiger partial charge in [-0.05, 0) is 63.9 Å². The van der Waals surface area contributed by atoms with E-state index in [0.29, 0.717) is 19.6 Å². The standard InChI is InChI=1S/C22H32FN3O3/c1-17(18-6-8-19(23)9-7-18)16-20(27)24-10-5-11-25-12-14-26(15-13-25)21(28)29-22(2,3)4/h6-9,16H,5,10-15H2,1-4H3,(H,24,27)/b17-16-. The number of halogens is 1. The van der Waals surface area contributed by atoms with E-state index in [1.165, 1.54) is 18.2 Å². The first-order chi connectivity index (χ1) is 13.6. The average Bonchev–Trinajstić information content (AvgIpc) is 2.65. The zero-order valence-electron chi connectivity index (χ0n) is 17.8. The van der Waals surface area contributed by atoms with Crippen LogP contribution in [0.2, 0.25) is 0 Å². The summed E-state index contributed by atoms with van der Waals surface area (Å²) in [6, 6.07) is 6.08. The van der Waals surface area contributed by atoms with Crippen molar-refractivity contribution >= 4 is 17.6 Å². The number of nitrogens with zero attached hydrogens (tertiary/aromatic N) is 2. The number of nitrogens with one attached hydrogen (secondary N) is 1. The lowest BCUT2D eigenvalue weighted by molar-refractivity contribution is -0.116. The Morgan fingerprint density at radius 3 is 2.34 bits per heavy atom. The summed E-state index contributed by atoms with van der Waals surface area (Å²) in [7, 11) is 0. The SMILES string of the molecule is C/C(=C/C(=O)NCCCN1CCN(C(=O)OC(C)(C)C)CC1)c1ccc(F)cc1. The van der Waals surface area contributed by atoms with Gasteiger partial charge in [-0.1, -0.05) is 12.1 Å². The van der Waals surface area contributed by atoms with Gasteiger partial charge in [-0.15, -0.1) is 0 Å². The van der Waals surface area contributed by atoms with Crippen LogP contribution in [-0.4, -0.2) is 66.7 Å². The first-order valence-electron chi connectivity index (χ1n) is 10.1. The highest BCUT2D eigenvalue weighted by Crippen LogP contribution is 2.14. The van der Waals surface area contributed by atoms with Crippen LogP contribution in [0.3, 0.4) is 0 Å². The second-order valence-corrected chi connectivity index (χ2v) is 8.29. The summed E-state index contributed by atoms with van der Waals surface area (Å²) >= 11 is 0. The van der Waals surface area contributed by atoms with Gasteiger partial charge in [0.1, 0.15) is 11.4 Å². The molecule has 1 fully saturated rings. The Labute approximate surface area is 172 Å². The van der Waals surface area contributed by atoms with Crippen LogP contribution in [-0.2, 0) is 9.53 Å². The minimum Gasteiger partial charge on any atom is -0.444 e. The summed E-state index contributed by atoms with van der Waals surface area (Å²) in [4.78, 5) is 28.1. The van der Waals surface area contributed by atoms with Crippen LogP contribution < -0.4 is 5.32 Å². The van der Waals surface area contributed by atoms with Crippen LogP contribution in [0.15, 0.2) is 30.3 Å². The molecule has 1 saturated heterocycles. The first kappa shape index (κ1) is 22.9. The van der Waals surface area contributed by atoms with Gasteiger partial charge >= 0.3 is 6.09 Å². The summed E-state index contributed by atoms with van der Waals surface area (Å²) < 4.78 is 18.4. The molecule has 0 spiro atoms. The number of carbonyl (C=O) groups is 2. The number of ether oxygens (including phenoxy) is 1. The van der Waals surface area contributed by atoms with Gasteiger partial charge in [0.05, 0.1) is 0 Å². The molecule has 0 radical (unpaired) electrons. The quantitative estimate of drug-likeness (QED) is 0.583. The van der Waals surface area contributed by atoms with E-state index in [4.69, 9.17) is 4.74 Å². The molecule has 0 atom stereocenters. The van der Waals surface area contributed by atoms with E-state index in [9.17, 15) is 14.0 Å². The van der Waals surface area contributed by atoms with E-state index < -0.39 is 5.60 Å². The van der Waals surface area contributed by atoms with E-state index >= 15 is 0 Å². The Bertz CT molecular complexity index is 718. The van der Waals surface area contributed by atoms with Gasteiger partial charge < -0.3 is 15.0 Å². The van der Waals surface area contributed by atoms with E-state index in [1.54, 1.807) is 17.0 Å². The van der Waals surface area contributed by atoms with Crippen molar-refractivity contribution in [3.63, 3.8) is 0 Å². The molecule has 7 heteroatoms. The second kappa shape index (κ2) is 10.4. The molecule has 0 saturated carbocycles. The van der Waals surface area contributed by atoms with E-state index in [0.717, 1.165) is 37.2 Å². The van der Waals surface area contributed by atoms with Crippen LogP contribution in [0.1, 0.15) is 39.7 Å². The maximum absolute atomic E-state index is 13.0. The zero-order chi connectivity index (χ0) is 21.4. The Balaban J connectivity index is 1.64. The van der Waals surface area contributed by atoms with E-state index in [2.05, 4.69) is 10.2 Å². The van der Waals surface area contributed by atoms with E-state index in [-0.39, 0.29) is 17.8 Å². The summed E-state index contributed by atoms with van der Waals surface area (Å²) in [5.41, 5.74) is 1.14. The van der Waals surface area contributed by atoms with Crippen molar-refractivity contribution in [3.05, 3.63) is 41.7 Å². The second-order valence-electron chi connectivity index (χ2n) is 8.29. The molecule has 0 bridgehead atoms. The molecule has 160 valence electrons. The number of amides is 2. The number of hydrogen-bond donors (Lipinski definition) is 1. The van der Waals surface area contributed by atoms with Crippen LogP contribution in [0, 0.1) is 5.82 Å². The number of rotatable bonds is 6. The molecule has 0 aliphatic carbocycles. The van der Waals surface area contributed by atoms with Gasteiger partial charge in [0.15, 0.2) is 0 Å². The van der Waals surface area contributed by atoms with Gasteiger partial charge in [0, 0.05) is 38.8 Å². The average molecular weight is 406 g/mol. The lowest BCUT2D eigenvalue weighted by Crippen LogP contribution is -2.50. The number of benzene rings is 1. The summed E-state index contributed by atoms with van der Waals surface area (Å²) in [5, 5.41) is 2.89. The lowest BCUT2D eigenvalue weighted by atomic mass is 10.1. The fraction of sp³-hybridized carbons (Fsp3) is 0.545. The molecule has 0 unspecified atom stereocenters. The van der Waals surface area contributed by atoms with Gasteiger partial charge in [-0.3, -0.25) is 9.69 Å². The lowest BCUT2D eigenvalue weighted by Gasteiger charge is -2.35. The maximum atomic E-state index is 13.0. The van der Waals surface area contributed by atoms with Crippen LogP contribution in [0.5, 0.6) is 0 Å². The Kier molecular flexibility index (Phi) is 8.20. The highest BCUT2D eigenvalue weighted by molar-refractivity contribution is 5.94. The Hall–Kier alpha value is -2.41. The molecule has 2 amide bonds. The predicted octanol–water partition coefficient (Wildman–Crippen LogP) is 3.29. The molecule has 1 aliphatic heterocycles. The summed E-state index contributed by atoms with van der Waals surface area (Å²) in [6.07, 6.45) is 2.11. The van der Waals surface area contributed by atoms with Crippen molar-refractivity contribution in [2.24, 2.45) is 0 Å². The molecule has 1 heterocycles. The minimum absolute atomic E-state index is 0.151. The molecule has 1 N–H and O–H groups in total. The van der Waals surface area contributed by atoms with Crippen molar-refractivity contribution in [2.75, 3.05) is 39.3 Å². The monoisotopic (exact) mass is 405 g/mol. The third-order valence-corrected chi connectivity index (χ3v) is 4.62. The molecular formula is C22H32FN3O3. The molecule has 1 aromatic carbocycles. The summed E-state index contributed by atoms with van der Waals surface area (Å²) in [6.45, 7) is 11.8. The predicted molar refractivity (Wildman–Crippen MR) is 112 cm³/mol. The number of piperazine rings is 1. The van der Waals surface area contributed by atoms with Gasteiger partial charge in [0.25, 0.3) is 0 Å². The van der Waals surface area contributed by atoms with Crippen LogP contribution >= 0.6 is 0 Å². The zero-order valence-corrected chi connectivity index (χ0v) is 17.8. The van der Waals surface area contributed by atoms with Crippen molar-refractivity contribution in [1.29, 1.82) is 0 Å². The van der Waals surface area contributed by atoms with E-state index in [1.807, 2.05) is 27.7 Å². The molecule has 29 heavy (non-hydrogen) atoms. The normalized spacial score (nSPS) is 15.9. The third-order valence-electron chi connectivity index (χ3n) is 4.62. The Morgan fingerprint density at radius 1 is 1.14 bits per heavy atom. The van der Waals surface area contributed by atoms with Crippen LogP contribution in [0.4, 0.5) is 9.18 Å². The highest BCUT2D eigenvalue weighted by Gasteiger charge is 2.25. The largest absolute Gasteiger partial charge is 0.444 e. The fourth-order valence-electron chi connectivity index (χ4n) is 3.04. The van der Waals surface area contributed by atoms with Crippen molar-refractivity contribution in [1.82, 2.24) is 15.1 Å². The van der Waals surface area contributed by atoms with Crippen molar-refractivity contribution < 1.29 is 18.7 Å². The van der Waals surface area contributed by atoms with Crippen molar-refractivity contribution in [2.45, 2.75) is 39.7 Å². The molecule has 1 aliphatic rings. The van der Waals surface area contributed by atoms with Crippen molar-refractivity contribution in [3.8, 4) is 0 Å². The number of hydrogen-bond acceptors (Lipinski definition) is 4. The third kappa shape index (κ3) is 8.23. The number of allylic oxidation sites excluding steroid dienone is 1. The molecule has 2 rings (SSSR count). The summed E-state index contributed by atoms with van der Waals surface area (Å²) in [5.74, 6) is -0.445. The highest BCUT2D eigenvalue weighted by atomic mass is 19.1. The van der Waals surface area contributed by atoms with Gasteiger partial charge in [-0.2, -0.15) is 0 Å². The van der Waals surface area contributed by atoms with Crippen LogP contribution in [0.25, 0.3) is 5.57 Å². The number of carbonyl (C=O) groups excluding carboxylic acids is 2. The Morgan fingerprint density at radius 2 is 1.76 bits per heavy atom. The molecular weight excluding hydrogens is 373 g/mol. The van der Waals surface area contributed by atoms with Gasteiger partial charge in [-0.25, -0.2) is 9.18 Å². The molecule has 0 aromatic heterocycles. The van der Waals surface area contributed by atoms with Gasteiger partial charge in [0.2, 0.25) is 5.91 Å². The smallest absolute Gasteiger partial charge is 0.410 e. The fourth-order valence-corrected chi connectivity index (χ4v) is 3.04. The molecule has 6 nitrogen and oxygen atoms in total. The first-order valence-corrected chi connectivity index (χ1v) is 10.1. The minimum atomic E-state index is -0.476. The molecule has 1 aromatic rings.